The molecule has 0 saturated heterocycles. The molecule has 0 radical (unpaired) electrons. The van der Waals surface area contributed by atoms with Crippen LogP contribution in [0.3, 0.4) is 0 Å². The van der Waals surface area contributed by atoms with Crippen molar-refractivity contribution < 1.29 is 0 Å². The topological polar surface area (TPSA) is 134 Å². The highest BCUT2D eigenvalue weighted by atomic mass is 35.5. The molecule has 0 fully saturated rings. The van der Waals surface area contributed by atoms with E-state index in [1.165, 1.54) is 10.9 Å². The Bertz CT molecular complexity index is 1180. The van der Waals surface area contributed by atoms with Crippen LogP contribution in [0, 0.1) is 12.3 Å². The summed E-state index contributed by atoms with van der Waals surface area (Å²) < 4.78 is 2.24. The second-order valence-corrected chi connectivity index (χ2v) is 8.17. The minimum atomic E-state index is 0.0837. The third kappa shape index (κ3) is 4.25. The van der Waals surface area contributed by atoms with Gasteiger partial charge in [-0.25, -0.2) is 0 Å². The van der Waals surface area contributed by atoms with Gasteiger partial charge in [0.25, 0.3) is 0 Å². The molecule has 9 heteroatoms. The molecule has 0 saturated carbocycles. The normalized spacial score (nSPS) is 13.2. The number of halogens is 1. The third-order valence-electron chi connectivity index (χ3n) is 5.66. The van der Waals surface area contributed by atoms with Gasteiger partial charge in [0, 0.05) is 46.1 Å². The Morgan fingerprint density at radius 2 is 1.90 bits per heavy atom. The van der Waals surface area contributed by atoms with Crippen molar-refractivity contribution in [2.45, 2.75) is 26.4 Å². The average molecular weight is 439 g/mol. The highest BCUT2D eigenvalue weighted by Crippen LogP contribution is 2.33. The number of guanidine groups is 2. The number of aryl methyl sites for hydroxylation is 1. The fourth-order valence-corrected chi connectivity index (χ4v) is 4.27. The van der Waals surface area contributed by atoms with E-state index in [4.69, 9.17) is 34.2 Å². The maximum atomic E-state index is 7.84. The summed E-state index contributed by atoms with van der Waals surface area (Å²) in [5.41, 5.74) is 23.4. The molecule has 2 heterocycles. The first kappa shape index (κ1) is 20.9. The van der Waals surface area contributed by atoms with Crippen LogP contribution in [-0.2, 0) is 19.5 Å². The van der Waals surface area contributed by atoms with Crippen molar-refractivity contribution in [3.05, 3.63) is 58.2 Å². The van der Waals surface area contributed by atoms with E-state index in [0.29, 0.717) is 19.6 Å². The summed E-state index contributed by atoms with van der Waals surface area (Å²) in [6, 6.07) is 12.3. The number of nitrogens with zero attached hydrogens (tertiary/aromatic N) is 3. The van der Waals surface area contributed by atoms with Gasteiger partial charge in [-0.2, -0.15) is 0 Å². The first-order chi connectivity index (χ1) is 14.8. The van der Waals surface area contributed by atoms with Crippen molar-refractivity contribution in [2.75, 3.05) is 18.4 Å². The lowest BCUT2D eigenvalue weighted by atomic mass is 10.0. The fraction of sp³-hybridized carbons (Fsp3) is 0.273. The first-order valence-electron chi connectivity index (χ1n) is 10.1. The standard InChI is InChI=1S/C22H27ClN8/c1-13-10-14(2-4-18(13)23)29-15-3-5-19-17(11-15)16-6-8-30(22(26)27)12-20(16)31(19)9-7-28-21(24)25/h2-5,10-11,29H,6-9,12H2,1H3,(H3,26,27)(H4,24,25,28). The molecular weight excluding hydrogens is 412 g/mol. The Labute approximate surface area is 186 Å². The summed E-state index contributed by atoms with van der Waals surface area (Å²) in [4.78, 5) is 6.03. The van der Waals surface area contributed by atoms with Gasteiger partial charge in [-0.15, -0.1) is 0 Å². The quantitative estimate of drug-likeness (QED) is 0.308. The molecule has 4 rings (SSSR count). The number of aliphatic imine (C=N–C) groups is 1. The summed E-state index contributed by atoms with van der Waals surface area (Å²) in [5, 5.41) is 13.3. The summed E-state index contributed by atoms with van der Waals surface area (Å²) >= 11 is 6.16. The number of hydrogen-bond acceptors (Lipinski definition) is 3. The predicted molar refractivity (Wildman–Crippen MR) is 128 cm³/mol. The zero-order valence-corrected chi connectivity index (χ0v) is 18.2. The predicted octanol–water partition coefficient (Wildman–Crippen LogP) is 2.87. The third-order valence-corrected chi connectivity index (χ3v) is 6.09. The minimum absolute atomic E-state index is 0.0837. The zero-order valence-electron chi connectivity index (χ0n) is 17.5. The molecule has 31 heavy (non-hydrogen) atoms. The van der Waals surface area contributed by atoms with Crippen LogP contribution in [0.4, 0.5) is 11.4 Å². The van der Waals surface area contributed by atoms with Gasteiger partial charge in [-0.3, -0.25) is 10.4 Å². The maximum Gasteiger partial charge on any atom is 0.188 e. The molecule has 0 aliphatic carbocycles. The molecule has 0 unspecified atom stereocenters. The summed E-state index contributed by atoms with van der Waals surface area (Å²) in [6.07, 6.45) is 0.824. The van der Waals surface area contributed by atoms with E-state index in [2.05, 4.69) is 33.1 Å². The number of nitrogens with one attached hydrogen (secondary N) is 2. The van der Waals surface area contributed by atoms with E-state index in [-0.39, 0.29) is 11.9 Å². The second-order valence-electron chi connectivity index (χ2n) is 7.76. The number of rotatable bonds is 5. The number of aromatic nitrogens is 1. The summed E-state index contributed by atoms with van der Waals surface area (Å²) in [6.45, 7) is 4.45. The van der Waals surface area contributed by atoms with E-state index in [0.717, 1.165) is 46.1 Å². The summed E-state index contributed by atoms with van der Waals surface area (Å²) in [7, 11) is 0. The van der Waals surface area contributed by atoms with Gasteiger partial charge in [0.2, 0.25) is 0 Å². The second kappa shape index (κ2) is 8.39. The monoisotopic (exact) mass is 438 g/mol. The molecular formula is C22H27ClN8. The molecule has 1 aromatic heterocycles. The van der Waals surface area contributed by atoms with E-state index in [1.807, 2.05) is 30.0 Å². The highest BCUT2D eigenvalue weighted by Gasteiger charge is 2.24. The minimum Gasteiger partial charge on any atom is -0.370 e. The van der Waals surface area contributed by atoms with E-state index >= 15 is 0 Å². The molecule has 0 bridgehead atoms. The Kier molecular flexibility index (Phi) is 5.65. The highest BCUT2D eigenvalue weighted by molar-refractivity contribution is 6.31. The lowest BCUT2D eigenvalue weighted by Crippen LogP contribution is -2.40. The number of anilines is 2. The van der Waals surface area contributed by atoms with Crippen molar-refractivity contribution in [3.63, 3.8) is 0 Å². The van der Waals surface area contributed by atoms with Crippen LogP contribution in [0.25, 0.3) is 10.9 Å². The van der Waals surface area contributed by atoms with Gasteiger partial charge in [-0.05, 0) is 60.9 Å². The van der Waals surface area contributed by atoms with Crippen molar-refractivity contribution in [3.8, 4) is 0 Å². The molecule has 162 valence electrons. The van der Waals surface area contributed by atoms with E-state index < -0.39 is 0 Å². The van der Waals surface area contributed by atoms with Gasteiger partial charge in [-0.1, -0.05) is 11.6 Å². The average Bonchev–Trinajstić information content (AvgIpc) is 3.03. The van der Waals surface area contributed by atoms with E-state index in [9.17, 15) is 0 Å². The van der Waals surface area contributed by atoms with Crippen molar-refractivity contribution in [1.82, 2.24) is 9.47 Å². The molecule has 8 nitrogen and oxygen atoms in total. The van der Waals surface area contributed by atoms with Crippen molar-refractivity contribution >= 4 is 45.8 Å². The maximum absolute atomic E-state index is 7.84. The lowest BCUT2D eigenvalue weighted by Gasteiger charge is -2.28. The first-order valence-corrected chi connectivity index (χ1v) is 10.5. The Hall–Kier alpha value is -3.39. The lowest BCUT2D eigenvalue weighted by molar-refractivity contribution is 0.373. The van der Waals surface area contributed by atoms with Crippen molar-refractivity contribution in [1.29, 1.82) is 5.41 Å². The molecule has 8 N–H and O–H groups in total. The Morgan fingerprint density at radius 1 is 1.16 bits per heavy atom. The molecule has 0 atom stereocenters. The van der Waals surface area contributed by atoms with E-state index in [1.54, 1.807) is 0 Å². The van der Waals surface area contributed by atoms with Gasteiger partial charge < -0.3 is 32.0 Å². The fourth-order valence-electron chi connectivity index (χ4n) is 4.15. The number of nitrogens with two attached hydrogens (primary N) is 3. The van der Waals surface area contributed by atoms with Crippen LogP contribution in [0.5, 0.6) is 0 Å². The largest absolute Gasteiger partial charge is 0.370 e. The Balaban J connectivity index is 1.73. The van der Waals surface area contributed by atoms with Crippen LogP contribution >= 0.6 is 11.6 Å². The number of hydrogen-bond donors (Lipinski definition) is 5. The summed E-state index contributed by atoms with van der Waals surface area (Å²) in [5.74, 6) is 0.174. The zero-order chi connectivity index (χ0) is 22.1. The van der Waals surface area contributed by atoms with Crippen LogP contribution in [0.2, 0.25) is 5.02 Å². The molecule has 2 aromatic carbocycles. The Morgan fingerprint density at radius 3 is 2.61 bits per heavy atom. The van der Waals surface area contributed by atoms with Crippen LogP contribution in [0.1, 0.15) is 16.8 Å². The number of benzene rings is 2. The molecule has 1 aliphatic heterocycles. The molecule has 3 aromatic rings. The SMILES string of the molecule is Cc1cc(Nc2ccc3c(c2)c2c(n3CCN=C(N)N)CN(C(=N)N)CC2)ccc1Cl. The van der Waals surface area contributed by atoms with Gasteiger partial charge in [0.1, 0.15) is 0 Å². The van der Waals surface area contributed by atoms with Crippen LogP contribution < -0.4 is 22.5 Å². The van der Waals surface area contributed by atoms with Gasteiger partial charge in [0.05, 0.1) is 13.1 Å². The molecule has 0 spiro atoms. The number of fused-ring (bicyclic) bond motifs is 3. The van der Waals surface area contributed by atoms with Gasteiger partial charge >= 0.3 is 0 Å². The van der Waals surface area contributed by atoms with Crippen LogP contribution in [-0.4, -0.2) is 34.5 Å². The molecule has 1 aliphatic rings. The van der Waals surface area contributed by atoms with Crippen LogP contribution in [0.15, 0.2) is 41.4 Å². The smallest absolute Gasteiger partial charge is 0.188 e. The van der Waals surface area contributed by atoms with Gasteiger partial charge in [0.15, 0.2) is 11.9 Å². The van der Waals surface area contributed by atoms with Crippen molar-refractivity contribution in [2.24, 2.45) is 22.2 Å². The molecule has 0 amide bonds.